The maximum atomic E-state index is 11.6. The number of primary amides is 2. The fourth-order valence-electron chi connectivity index (χ4n) is 11.1. The predicted molar refractivity (Wildman–Crippen MR) is 171 cm³/mol. The number of quaternary nitrogens is 1. The van der Waals surface area contributed by atoms with Crippen molar-refractivity contribution in [1.29, 1.82) is 0 Å². The normalized spacial score (nSPS) is 34.3. The quantitative estimate of drug-likeness (QED) is 0.436. The molecule has 2 aliphatic heterocycles. The second-order valence-electron chi connectivity index (χ2n) is 15.5. The number of carbonyl (C=O) groups is 2. The zero-order valence-electron chi connectivity index (χ0n) is 27.1. The number of nitrogens with zero attached hydrogens (tertiary/aromatic N) is 2. The summed E-state index contributed by atoms with van der Waals surface area (Å²) in [6.45, 7) is 2.43. The number of amides is 2. The van der Waals surface area contributed by atoms with Crippen LogP contribution in [0.2, 0.25) is 0 Å². The molecule has 2 aromatic carbocycles. The summed E-state index contributed by atoms with van der Waals surface area (Å²) >= 11 is 0. The number of likely N-dealkylation sites (N-methyl/N-ethyl adjacent to an activating group) is 2. The van der Waals surface area contributed by atoms with Gasteiger partial charge in [-0.1, -0.05) is 37.8 Å². The zero-order chi connectivity index (χ0) is 30.1. The number of likely N-dealkylation sites (tertiary alicyclic amines) is 2. The predicted octanol–water partition coefficient (Wildman–Crippen LogP) is 5.09. The summed E-state index contributed by atoms with van der Waals surface area (Å²) in [6.07, 6.45) is 15.5. The van der Waals surface area contributed by atoms with E-state index in [1.165, 1.54) is 99.6 Å². The minimum absolute atomic E-state index is 0. The Balaban J connectivity index is 0.000000153. The number of fused-ring (bicyclic) bond motifs is 2. The van der Waals surface area contributed by atoms with Gasteiger partial charge in [0.25, 0.3) is 0 Å². The van der Waals surface area contributed by atoms with Crippen LogP contribution in [0.15, 0.2) is 36.4 Å². The first kappa shape index (κ1) is 32.3. The Hall–Kier alpha value is -1.60. The van der Waals surface area contributed by atoms with E-state index < -0.39 is 0 Å². The summed E-state index contributed by atoms with van der Waals surface area (Å²) in [7, 11) is 7.10. The van der Waals surface area contributed by atoms with Crippen molar-refractivity contribution in [1.82, 2.24) is 4.90 Å². The molecule has 1 radical (unpaired) electrons. The van der Waals surface area contributed by atoms with Crippen LogP contribution >= 0.6 is 0 Å². The molecule has 4 bridgehead atoms. The molecule has 0 aromatic heterocycles. The fraction of sp³-hybridized carbons (Fsp3) is 0.622. The topological polar surface area (TPSA) is 89.4 Å². The average Bonchev–Trinajstić information content (AvgIpc) is 3.01. The maximum Gasteiger partial charge on any atom is 0.248 e. The van der Waals surface area contributed by atoms with Crippen molar-refractivity contribution in [3.8, 4) is 0 Å². The molecule has 6 unspecified atom stereocenters. The van der Waals surface area contributed by atoms with Crippen LogP contribution in [0.4, 0.5) is 0 Å². The molecule has 2 saturated heterocycles. The largest absolute Gasteiger partial charge is 0.366 e. The monoisotopic (exact) mass is 672 g/mol. The van der Waals surface area contributed by atoms with Crippen molar-refractivity contribution in [2.24, 2.45) is 23.3 Å². The molecule has 6 nitrogen and oxygen atoms in total. The molecule has 7 heteroatoms. The van der Waals surface area contributed by atoms with Gasteiger partial charge in [-0.2, -0.15) is 0 Å². The molecule has 2 aromatic rings. The van der Waals surface area contributed by atoms with Crippen LogP contribution in [0.25, 0.3) is 0 Å². The summed E-state index contributed by atoms with van der Waals surface area (Å²) in [4.78, 5) is 25.8. The Morgan fingerprint density at radius 1 is 0.773 bits per heavy atom. The van der Waals surface area contributed by atoms with Gasteiger partial charge in [0.2, 0.25) is 11.8 Å². The summed E-state index contributed by atoms with van der Waals surface area (Å²) in [5.41, 5.74) is 18.9. The van der Waals surface area contributed by atoms with Crippen molar-refractivity contribution in [3.05, 3.63) is 69.8 Å². The molecule has 2 heterocycles. The van der Waals surface area contributed by atoms with Gasteiger partial charge >= 0.3 is 0 Å². The number of piperidine rings is 2. The third kappa shape index (κ3) is 5.05. The Morgan fingerprint density at radius 2 is 1.32 bits per heavy atom. The third-order valence-electron chi connectivity index (χ3n) is 13.4. The van der Waals surface area contributed by atoms with Crippen LogP contribution in [0.1, 0.15) is 107 Å². The van der Waals surface area contributed by atoms with Gasteiger partial charge < -0.3 is 20.9 Å². The van der Waals surface area contributed by atoms with Crippen molar-refractivity contribution in [2.45, 2.75) is 100.0 Å². The van der Waals surface area contributed by atoms with Crippen molar-refractivity contribution in [3.63, 3.8) is 0 Å². The third-order valence-corrected chi connectivity index (χ3v) is 13.4. The van der Waals surface area contributed by atoms with E-state index >= 15 is 0 Å². The van der Waals surface area contributed by atoms with E-state index in [0.29, 0.717) is 28.0 Å². The standard InChI is InChI=1S/C19H26N2O.C18H24N2O.Y/c1-21(2)10-9-19-8-4-3-5-15(19)17(21)12-13-6-7-14(18(20)22)11-16(13)19;1-20-9-8-18-7-3-2-4-14(18)16(20)11-12-5-6-13(17(19)21)10-15(12)18;/h6-7,11,15,17H,3-5,8-10,12H2,1-2H3,(H-,20,22);5-6,10,14,16H,2-4,7-9,11H2,1H3,(H2,19,21);/p+1. The van der Waals surface area contributed by atoms with Gasteiger partial charge in [-0.05, 0) is 105 Å². The Kier molecular flexibility index (Phi) is 8.74. The number of rotatable bonds is 2. The first-order chi connectivity index (χ1) is 20.6. The SMILES string of the molecule is CN1CCC23CCCCC2C1Cc1ccc(C(N)=O)cc13.C[N+]1(C)CCC23CCCCC2C1Cc1ccc(C(N)=O)cc13.[Y]. The molecule has 0 spiro atoms. The van der Waals surface area contributed by atoms with E-state index in [1.54, 1.807) is 0 Å². The van der Waals surface area contributed by atoms with Crippen molar-refractivity contribution in [2.75, 3.05) is 34.2 Å². The van der Waals surface area contributed by atoms with Gasteiger partial charge in [0.05, 0.1) is 26.7 Å². The summed E-state index contributed by atoms with van der Waals surface area (Å²) in [5, 5.41) is 0. The molecule has 6 atom stereocenters. The Bertz CT molecular complexity index is 1460. The smallest absolute Gasteiger partial charge is 0.248 e. The number of carbonyl (C=O) groups excluding carboxylic acids is 2. The van der Waals surface area contributed by atoms with Crippen LogP contribution in [0.3, 0.4) is 0 Å². The molecule has 4 fully saturated rings. The molecule has 2 saturated carbocycles. The minimum atomic E-state index is -0.295. The van der Waals surface area contributed by atoms with Crippen LogP contribution in [-0.2, 0) is 56.4 Å². The average molecular weight is 673 g/mol. The molecule has 8 rings (SSSR count). The van der Waals surface area contributed by atoms with E-state index in [-0.39, 0.29) is 44.5 Å². The number of benzene rings is 2. The summed E-state index contributed by atoms with van der Waals surface area (Å²) < 4.78 is 1.16. The van der Waals surface area contributed by atoms with Crippen molar-refractivity contribution < 1.29 is 46.8 Å². The molecular weight excluding hydrogens is 621 g/mol. The first-order valence-electron chi connectivity index (χ1n) is 17.0. The van der Waals surface area contributed by atoms with Crippen LogP contribution in [-0.4, -0.2) is 67.5 Å². The summed E-state index contributed by atoms with van der Waals surface area (Å²) in [6, 6.07) is 13.9. The van der Waals surface area contributed by atoms with Crippen LogP contribution < -0.4 is 11.5 Å². The molecule has 6 aliphatic rings. The van der Waals surface area contributed by atoms with E-state index in [1.807, 2.05) is 12.1 Å². The van der Waals surface area contributed by atoms with Crippen molar-refractivity contribution >= 4 is 11.8 Å². The number of nitrogens with two attached hydrogens (primary N) is 2. The second-order valence-corrected chi connectivity index (χ2v) is 15.5. The molecule has 233 valence electrons. The van der Waals surface area contributed by atoms with Crippen LogP contribution in [0, 0.1) is 11.8 Å². The molecule has 4 N–H and O–H groups in total. The Morgan fingerprint density at radius 3 is 1.91 bits per heavy atom. The minimum Gasteiger partial charge on any atom is -0.366 e. The van der Waals surface area contributed by atoms with Gasteiger partial charge in [0.1, 0.15) is 0 Å². The van der Waals surface area contributed by atoms with E-state index in [9.17, 15) is 9.59 Å². The van der Waals surface area contributed by atoms with E-state index in [0.717, 1.165) is 35.2 Å². The maximum absolute atomic E-state index is 11.6. The van der Waals surface area contributed by atoms with Gasteiger partial charge in [-0.3, -0.25) is 9.59 Å². The first-order valence-corrected chi connectivity index (χ1v) is 17.0. The fourth-order valence-corrected chi connectivity index (χ4v) is 11.1. The molecule has 4 aliphatic carbocycles. The molecule has 44 heavy (non-hydrogen) atoms. The van der Waals surface area contributed by atoms with E-state index in [2.05, 4.69) is 50.3 Å². The van der Waals surface area contributed by atoms with E-state index in [4.69, 9.17) is 11.5 Å². The van der Waals surface area contributed by atoms with Crippen LogP contribution in [0.5, 0.6) is 0 Å². The second kappa shape index (κ2) is 11.9. The van der Waals surface area contributed by atoms with Gasteiger partial charge in [-0.25, -0.2) is 0 Å². The van der Waals surface area contributed by atoms with Gasteiger partial charge in [-0.15, -0.1) is 0 Å². The summed E-state index contributed by atoms with van der Waals surface area (Å²) in [5.74, 6) is 0.957. The zero-order valence-corrected chi connectivity index (χ0v) is 30.0. The number of hydrogen-bond acceptors (Lipinski definition) is 3. The molecular formula is C37H51N4O2Y+. The Labute approximate surface area is 289 Å². The number of hydrogen-bond donors (Lipinski definition) is 2. The molecule has 2 amide bonds. The van der Waals surface area contributed by atoms with Gasteiger partial charge in [0.15, 0.2) is 0 Å². The van der Waals surface area contributed by atoms with Gasteiger partial charge in [0, 0.05) is 79.5 Å².